The van der Waals surface area contributed by atoms with E-state index in [2.05, 4.69) is 5.32 Å². The van der Waals surface area contributed by atoms with Crippen molar-refractivity contribution in [3.63, 3.8) is 0 Å². The normalized spacial score (nSPS) is 12.1. The number of benzene rings is 2. The molecule has 8 nitrogen and oxygen atoms in total. The third-order valence-electron chi connectivity index (χ3n) is 4.79. The minimum Gasteiger partial charge on any atom is -0.462 e. The van der Waals surface area contributed by atoms with Crippen LogP contribution in [-0.2, 0) is 11.3 Å². The van der Waals surface area contributed by atoms with E-state index < -0.39 is 17.3 Å². The highest BCUT2D eigenvalue weighted by Gasteiger charge is 2.21. The number of nitrogens with one attached hydrogen (secondary N) is 1. The summed E-state index contributed by atoms with van der Waals surface area (Å²) < 4.78 is 17.6. The molecule has 0 spiro atoms. The van der Waals surface area contributed by atoms with Crippen LogP contribution in [-0.4, -0.2) is 29.8 Å². The molecule has 2 aromatic carbocycles. The molecule has 0 fully saturated rings. The summed E-state index contributed by atoms with van der Waals surface area (Å²) in [5, 5.41) is 3.06. The van der Waals surface area contributed by atoms with Crippen molar-refractivity contribution in [2.24, 2.45) is 0 Å². The maximum absolute atomic E-state index is 13.0. The van der Waals surface area contributed by atoms with Gasteiger partial charge >= 0.3 is 5.97 Å². The second kappa shape index (κ2) is 7.90. The number of rotatable bonds is 5. The molecule has 154 valence electrons. The molecule has 4 rings (SSSR count). The van der Waals surface area contributed by atoms with Gasteiger partial charge in [0.1, 0.15) is 5.56 Å². The number of carbonyl (C=O) groups excluding carboxylic acids is 2. The predicted molar refractivity (Wildman–Crippen MR) is 110 cm³/mol. The Kier molecular flexibility index (Phi) is 5.14. The number of amides is 1. The molecular formula is C22H20N2O6. The topological polar surface area (TPSA) is 95.9 Å². The number of pyridine rings is 1. The van der Waals surface area contributed by atoms with E-state index in [1.165, 1.54) is 12.3 Å². The summed E-state index contributed by atoms with van der Waals surface area (Å²) in [6.07, 6.45) is 1.53. The summed E-state index contributed by atoms with van der Waals surface area (Å²) in [5.41, 5.74) is 0.940. The lowest BCUT2D eigenvalue weighted by atomic mass is 10.1. The predicted octanol–water partition coefficient (Wildman–Crippen LogP) is 3.18. The van der Waals surface area contributed by atoms with Gasteiger partial charge in [0.2, 0.25) is 12.2 Å². The molecule has 1 aliphatic rings. The molecule has 1 aromatic heterocycles. The molecule has 0 atom stereocenters. The van der Waals surface area contributed by atoms with Gasteiger partial charge in [-0.25, -0.2) is 4.79 Å². The Morgan fingerprint density at radius 2 is 1.90 bits per heavy atom. The molecule has 2 heterocycles. The molecule has 0 radical (unpaired) electrons. The first kappa shape index (κ1) is 19.5. The van der Waals surface area contributed by atoms with Crippen LogP contribution in [0.2, 0.25) is 0 Å². The largest absolute Gasteiger partial charge is 0.462 e. The number of fused-ring (bicyclic) bond motifs is 2. The van der Waals surface area contributed by atoms with E-state index in [9.17, 15) is 14.4 Å². The quantitative estimate of drug-likeness (QED) is 0.652. The van der Waals surface area contributed by atoms with E-state index in [1.54, 1.807) is 37.3 Å². The third kappa shape index (κ3) is 3.47. The summed E-state index contributed by atoms with van der Waals surface area (Å²) in [7, 11) is 0. The standard InChI is InChI=1S/C22H20N2O6/c1-3-24-11-16(20(25)15-9-18-19(10-17(15)24)30-12-29-18)21(26)23-14-7-5-6-13(8-14)22(27)28-4-2/h5-11H,3-4,12H2,1-2H3,(H,23,26). The lowest BCUT2D eigenvalue weighted by Gasteiger charge is -2.13. The summed E-state index contributed by atoms with van der Waals surface area (Å²) in [6, 6.07) is 9.71. The summed E-state index contributed by atoms with van der Waals surface area (Å²) >= 11 is 0. The zero-order valence-electron chi connectivity index (χ0n) is 16.6. The highest BCUT2D eigenvalue weighted by atomic mass is 16.7. The van der Waals surface area contributed by atoms with Gasteiger partial charge in [-0.15, -0.1) is 0 Å². The SMILES string of the molecule is CCOC(=O)c1cccc(NC(=O)c2cn(CC)c3cc4c(cc3c2=O)OCO4)c1. The lowest BCUT2D eigenvalue weighted by molar-refractivity contribution is 0.0526. The molecule has 1 N–H and O–H groups in total. The van der Waals surface area contributed by atoms with E-state index in [1.807, 2.05) is 11.5 Å². The van der Waals surface area contributed by atoms with E-state index in [0.29, 0.717) is 40.2 Å². The van der Waals surface area contributed by atoms with E-state index in [0.717, 1.165) is 0 Å². The van der Waals surface area contributed by atoms with Crippen molar-refractivity contribution in [2.75, 3.05) is 18.7 Å². The molecule has 1 amide bonds. The van der Waals surface area contributed by atoms with Crippen molar-refractivity contribution in [3.05, 3.63) is 63.9 Å². The molecule has 0 saturated heterocycles. The van der Waals surface area contributed by atoms with Gasteiger partial charge in [-0.1, -0.05) is 6.07 Å². The number of esters is 1. The summed E-state index contributed by atoms with van der Waals surface area (Å²) in [4.78, 5) is 37.9. The van der Waals surface area contributed by atoms with Crippen LogP contribution >= 0.6 is 0 Å². The van der Waals surface area contributed by atoms with Gasteiger partial charge in [0, 0.05) is 24.5 Å². The van der Waals surface area contributed by atoms with Crippen LogP contribution in [0.15, 0.2) is 47.4 Å². The van der Waals surface area contributed by atoms with Gasteiger partial charge in [0.15, 0.2) is 11.5 Å². The number of nitrogens with zero attached hydrogens (tertiary/aromatic N) is 1. The zero-order valence-corrected chi connectivity index (χ0v) is 16.6. The monoisotopic (exact) mass is 408 g/mol. The van der Waals surface area contributed by atoms with E-state index >= 15 is 0 Å². The minimum atomic E-state index is -0.567. The number of anilines is 1. The summed E-state index contributed by atoms with van der Waals surface area (Å²) in [6.45, 7) is 4.53. The smallest absolute Gasteiger partial charge is 0.338 e. The maximum Gasteiger partial charge on any atom is 0.338 e. The molecule has 30 heavy (non-hydrogen) atoms. The van der Waals surface area contributed by atoms with Crippen molar-refractivity contribution in [1.82, 2.24) is 4.57 Å². The number of ether oxygens (including phenoxy) is 3. The highest BCUT2D eigenvalue weighted by Crippen LogP contribution is 2.35. The number of aromatic nitrogens is 1. The van der Waals surface area contributed by atoms with Crippen LogP contribution in [0, 0.1) is 0 Å². The summed E-state index contributed by atoms with van der Waals surface area (Å²) in [5.74, 6) is -0.00877. The van der Waals surface area contributed by atoms with Crippen LogP contribution < -0.4 is 20.2 Å². The third-order valence-corrected chi connectivity index (χ3v) is 4.79. The second-order valence-corrected chi connectivity index (χ2v) is 6.64. The second-order valence-electron chi connectivity index (χ2n) is 6.64. The average Bonchev–Trinajstić information content (AvgIpc) is 3.21. The van der Waals surface area contributed by atoms with Gasteiger partial charge in [0.05, 0.1) is 23.1 Å². The molecule has 8 heteroatoms. The van der Waals surface area contributed by atoms with Gasteiger partial charge in [-0.2, -0.15) is 0 Å². The fraction of sp³-hybridized carbons (Fsp3) is 0.227. The van der Waals surface area contributed by atoms with Gasteiger partial charge < -0.3 is 24.1 Å². The maximum atomic E-state index is 13.0. The Hall–Kier alpha value is -3.81. The molecule has 0 aliphatic carbocycles. The number of aryl methyl sites for hydroxylation is 1. The Morgan fingerprint density at radius 1 is 1.13 bits per heavy atom. The number of hydrogen-bond acceptors (Lipinski definition) is 6. The molecule has 0 bridgehead atoms. The van der Waals surface area contributed by atoms with Crippen LogP contribution in [0.3, 0.4) is 0 Å². The van der Waals surface area contributed by atoms with Crippen LogP contribution in [0.5, 0.6) is 11.5 Å². The van der Waals surface area contributed by atoms with Crippen molar-refractivity contribution in [3.8, 4) is 11.5 Å². The van der Waals surface area contributed by atoms with Gasteiger partial charge in [0.25, 0.3) is 5.91 Å². The van der Waals surface area contributed by atoms with Crippen molar-refractivity contribution < 1.29 is 23.8 Å². The van der Waals surface area contributed by atoms with Crippen molar-refractivity contribution in [2.45, 2.75) is 20.4 Å². The fourth-order valence-corrected chi connectivity index (χ4v) is 3.34. The van der Waals surface area contributed by atoms with Gasteiger partial charge in [-0.3, -0.25) is 9.59 Å². The Morgan fingerprint density at radius 3 is 2.63 bits per heavy atom. The van der Waals surface area contributed by atoms with Gasteiger partial charge in [-0.05, 0) is 38.1 Å². The van der Waals surface area contributed by atoms with E-state index in [-0.39, 0.29) is 19.0 Å². The fourth-order valence-electron chi connectivity index (χ4n) is 3.34. The first-order valence-corrected chi connectivity index (χ1v) is 9.57. The highest BCUT2D eigenvalue weighted by molar-refractivity contribution is 6.06. The average molecular weight is 408 g/mol. The Balaban J connectivity index is 1.71. The number of carbonyl (C=O) groups is 2. The minimum absolute atomic E-state index is 0.00949. The molecule has 3 aromatic rings. The Labute approximate surface area is 172 Å². The first-order valence-electron chi connectivity index (χ1n) is 9.57. The lowest BCUT2D eigenvalue weighted by Crippen LogP contribution is -2.24. The van der Waals surface area contributed by atoms with Crippen molar-refractivity contribution >= 4 is 28.5 Å². The first-order chi connectivity index (χ1) is 14.5. The number of hydrogen-bond donors (Lipinski definition) is 1. The van der Waals surface area contributed by atoms with Crippen LogP contribution in [0.4, 0.5) is 5.69 Å². The molecule has 1 aliphatic heterocycles. The van der Waals surface area contributed by atoms with Crippen LogP contribution in [0.25, 0.3) is 10.9 Å². The van der Waals surface area contributed by atoms with Crippen molar-refractivity contribution in [1.29, 1.82) is 0 Å². The Bertz CT molecular complexity index is 1210. The zero-order chi connectivity index (χ0) is 21.3. The molecule has 0 saturated carbocycles. The van der Waals surface area contributed by atoms with Crippen LogP contribution in [0.1, 0.15) is 34.6 Å². The molecular weight excluding hydrogens is 388 g/mol. The molecule has 0 unspecified atom stereocenters. The van der Waals surface area contributed by atoms with E-state index in [4.69, 9.17) is 14.2 Å².